The zero-order valence-electron chi connectivity index (χ0n) is 13.8. The van der Waals surface area contributed by atoms with Crippen LogP contribution >= 0.6 is 0 Å². The van der Waals surface area contributed by atoms with Crippen molar-refractivity contribution in [1.82, 2.24) is 10.3 Å². The Hall–Kier alpha value is -1.09. The summed E-state index contributed by atoms with van der Waals surface area (Å²) in [5.74, 6) is 1.43. The molecule has 1 rings (SSSR count). The van der Waals surface area contributed by atoms with E-state index in [1.54, 1.807) is 13.3 Å². The lowest BCUT2D eigenvalue weighted by molar-refractivity contribution is 0.397. The van der Waals surface area contributed by atoms with Gasteiger partial charge in [-0.2, -0.15) is 0 Å². The Morgan fingerprint density at radius 3 is 2.37 bits per heavy atom. The van der Waals surface area contributed by atoms with Gasteiger partial charge in [0.2, 0.25) is 5.88 Å². The zero-order chi connectivity index (χ0) is 15.1. The van der Waals surface area contributed by atoms with Crippen LogP contribution in [0.25, 0.3) is 0 Å². The van der Waals surface area contributed by atoms with Crippen LogP contribution in [0, 0.1) is 5.92 Å². The first kappa shape index (κ1) is 20.2. The molecule has 1 N–H and O–H groups in total. The average Bonchev–Trinajstić information content (AvgIpc) is 2.48. The second-order valence-electron chi connectivity index (χ2n) is 4.07. The van der Waals surface area contributed by atoms with Gasteiger partial charge in [-0.05, 0) is 30.5 Å². The number of hydrogen-bond donors (Lipinski definition) is 1. The molecule has 0 aliphatic heterocycles. The van der Waals surface area contributed by atoms with Gasteiger partial charge in [0.15, 0.2) is 0 Å². The van der Waals surface area contributed by atoms with Gasteiger partial charge in [0, 0.05) is 18.8 Å². The number of pyridine rings is 1. The summed E-state index contributed by atoms with van der Waals surface area (Å²) in [5.41, 5.74) is 1.21. The van der Waals surface area contributed by atoms with Gasteiger partial charge < -0.3 is 10.1 Å². The lowest BCUT2D eigenvalue weighted by Gasteiger charge is -2.07. The maximum atomic E-state index is 5.06. The molecule has 0 saturated carbocycles. The van der Waals surface area contributed by atoms with Crippen molar-refractivity contribution in [3.8, 4) is 5.88 Å². The van der Waals surface area contributed by atoms with E-state index in [2.05, 4.69) is 24.1 Å². The van der Waals surface area contributed by atoms with E-state index < -0.39 is 0 Å². The SMILES string of the molecule is CC.CC.COc1cc(CNCCC(C)C)ccn1. The first-order chi connectivity index (χ1) is 9.22. The molecule has 1 heterocycles. The van der Waals surface area contributed by atoms with E-state index in [9.17, 15) is 0 Å². The number of rotatable bonds is 6. The Morgan fingerprint density at radius 1 is 1.21 bits per heavy atom. The van der Waals surface area contributed by atoms with Crippen LogP contribution in [0.3, 0.4) is 0 Å². The van der Waals surface area contributed by atoms with Gasteiger partial charge in [-0.1, -0.05) is 41.5 Å². The summed E-state index contributed by atoms with van der Waals surface area (Å²) >= 11 is 0. The van der Waals surface area contributed by atoms with Gasteiger partial charge in [0.25, 0.3) is 0 Å². The molecule has 0 aliphatic carbocycles. The molecule has 0 aliphatic rings. The van der Waals surface area contributed by atoms with Gasteiger partial charge in [0.05, 0.1) is 7.11 Å². The van der Waals surface area contributed by atoms with Crippen molar-refractivity contribution in [2.75, 3.05) is 13.7 Å². The fraction of sp³-hybridized carbons (Fsp3) is 0.688. The van der Waals surface area contributed by atoms with E-state index in [0.29, 0.717) is 5.88 Å². The summed E-state index contributed by atoms with van der Waals surface area (Å²) in [7, 11) is 1.64. The summed E-state index contributed by atoms with van der Waals surface area (Å²) in [6.45, 7) is 14.4. The minimum Gasteiger partial charge on any atom is -0.481 e. The van der Waals surface area contributed by atoms with Gasteiger partial charge >= 0.3 is 0 Å². The van der Waals surface area contributed by atoms with Crippen LogP contribution in [-0.2, 0) is 6.54 Å². The molecule has 0 saturated heterocycles. The molecule has 112 valence electrons. The Kier molecular flexibility index (Phi) is 15.9. The highest BCUT2D eigenvalue weighted by atomic mass is 16.5. The highest BCUT2D eigenvalue weighted by Gasteiger charge is 1.97. The third kappa shape index (κ3) is 11.7. The maximum Gasteiger partial charge on any atom is 0.213 e. The number of nitrogens with one attached hydrogen (secondary N) is 1. The van der Waals surface area contributed by atoms with E-state index in [4.69, 9.17) is 4.74 Å². The van der Waals surface area contributed by atoms with Crippen LogP contribution in [0.1, 0.15) is 53.5 Å². The molecule has 19 heavy (non-hydrogen) atoms. The largest absolute Gasteiger partial charge is 0.481 e. The van der Waals surface area contributed by atoms with E-state index in [1.807, 2.05) is 39.8 Å². The molecule has 0 bridgehead atoms. The fourth-order valence-corrected chi connectivity index (χ4v) is 1.30. The third-order valence-corrected chi connectivity index (χ3v) is 2.24. The van der Waals surface area contributed by atoms with Crippen LogP contribution in [0.5, 0.6) is 5.88 Å². The Labute approximate surface area is 119 Å². The number of nitrogens with zero attached hydrogens (tertiary/aromatic N) is 1. The smallest absolute Gasteiger partial charge is 0.213 e. The van der Waals surface area contributed by atoms with Crippen molar-refractivity contribution in [2.24, 2.45) is 5.92 Å². The zero-order valence-corrected chi connectivity index (χ0v) is 13.8. The van der Waals surface area contributed by atoms with E-state index >= 15 is 0 Å². The minimum atomic E-state index is 0.679. The van der Waals surface area contributed by atoms with E-state index in [1.165, 1.54) is 12.0 Å². The molecule has 1 aromatic heterocycles. The van der Waals surface area contributed by atoms with Crippen molar-refractivity contribution in [1.29, 1.82) is 0 Å². The molecule has 3 nitrogen and oxygen atoms in total. The number of hydrogen-bond acceptors (Lipinski definition) is 3. The first-order valence-corrected chi connectivity index (χ1v) is 7.42. The quantitative estimate of drug-likeness (QED) is 0.782. The highest BCUT2D eigenvalue weighted by Crippen LogP contribution is 2.08. The Bertz CT molecular complexity index is 288. The predicted octanol–water partition coefficient (Wildman–Crippen LogP) is 4.28. The maximum absolute atomic E-state index is 5.06. The molecule has 1 aromatic rings. The highest BCUT2D eigenvalue weighted by molar-refractivity contribution is 5.20. The summed E-state index contributed by atoms with van der Waals surface area (Å²) in [6, 6.07) is 3.97. The first-order valence-electron chi connectivity index (χ1n) is 7.42. The summed E-state index contributed by atoms with van der Waals surface area (Å²) < 4.78 is 5.06. The fourth-order valence-electron chi connectivity index (χ4n) is 1.30. The van der Waals surface area contributed by atoms with E-state index in [-0.39, 0.29) is 0 Å². The molecule has 0 radical (unpaired) electrons. The monoisotopic (exact) mass is 268 g/mol. The van der Waals surface area contributed by atoms with Crippen LogP contribution in [0.4, 0.5) is 0 Å². The summed E-state index contributed by atoms with van der Waals surface area (Å²) in [5, 5.41) is 3.40. The second kappa shape index (κ2) is 15.0. The van der Waals surface area contributed by atoms with Crippen LogP contribution in [-0.4, -0.2) is 18.6 Å². The van der Waals surface area contributed by atoms with Crippen molar-refractivity contribution in [2.45, 2.75) is 54.5 Å². The van der Waals surface area contributed by atoms with Crippen LogP contribution in [0.15, 0.2) is 18.3 Å². The molecule has 3 heteroatoms. The third-order valence-electron chi connectivity index (χ3n) is 2.24. The normalized spacial score (nSPS) is 9.05. The van der Waals surface area contributed by atoms with Crippen LogP contribution < -0.4 is 10.1 Å². The summed E-state index contributed by atoms with van der Waals surface area (Å²) in [6.07, 6.45) is 2.99. The van der Waals surface area contributed by atoms with Crippen LogP contribution in [0.2, 0.25) is 0 Å². The molecular weight excluding hydrogens is 236 g/mol. The van der Waals surface area contributed by atoms with E-state index in [0.717, 1.165) is 19.0 Å². The van der Waals surface area contributed by atoms with Crippen molar-refractivity contribution >= 4 is 0 Å². The Morgan fingerprint density at radius 2 is 1.84 bits per heavy atom. The second-order valence-corrected chi connectivity index (χ2v) is 4.07. The number of methoxy groups -OCH3 is 1. The predicted molar refractivity (Wildman–Crippen MR) is 84.6 cm³/mol. The average molecular weight is 268 g/mol. The topological polar surface area (TPSA) is 34.1 Å². The van der Waals surface area contributed by atoms with Crippen molar-refractivity contribution in [3.05, 3.63) is 23.9 Å². The van der Waals surface area contributed by atoms with Gasteiger partial charge in [-0.15, -0.1) is 0 Å². The molecule has 0 fully saturated rings. The lowest BCUT2D eigenvalue weighted by atomic mass is 10.1. The standard InChI is InChI=1S/C12H20N2O.2C2H6/c1-10(2)4-6-13-9-11-5-7-14-12(8-11)15-3;2*1-2/h5,7-8,10,13H,4,6,9H2,1-3H3;2*1-2H3. The number of ether oxygens (including phenoxy) is 1. The van der Waals surface area contributed by atoms with Crippen molar-refractivity contribution in [3.63, 3.8) is 0 Å². The van der Waals surface area contributed by atoms with Crippen molar-refractivity contribution < 1.29 is 4.74 Å². The van der Waals surface area contributed by atoms with Gasteiger partial charge in [-0.3, -0.25) is 0 Å². The molecule has 0 spiro atoms. The molecule has 0 aromatic carbocycles. The summed E-state index contributed by atoms with van der Waals surface area (Å²) in [4.78, 5) is 4.06. The molecule has 0 atom stereocenters. The van der Waals surface area contributed by atoms with Gasteiger partial charge in [0.1, 0.15) is 0 Å². The van der Waals surface area contributed by atoms with Gasteiger partial charge in [-0.25, -0.2) is 4.98 Å². The molecule has 0 unspecified atom stereocenters. The Balaban J connectivity index is 0. The molecular formula is C16H32N2O. The lowest BCUT2D eigenvalue weighted by Crippen LogP contribution is -2.16. The molecule has 0 amide bonds. The minimum absolute atomic E-state index is 0.679. The number of aromatic nitrogens is 1.